The zero-order valence-corrected chi connectivity index (χ0v) is 52.7. The molecule has 0 aromatic heterocycles. The molecular formula is C58H92O27S. The molecule has 0 amide bonds. The fourth-order valence-corrected chi connectivity index (χ4v) is 12.9. The first-order valence-electron chi connectivity index (χ1n) is 28.5. The molecule has 492 valence electrons. The maximum atomic E-state index is 13.3. The Bertz CT molecular complexity index is 2350. The van der Waals surface area contributed by atoms with Crippen molar-refractivity contribution in [3.63, 3.8) is 0 Å². The Balaban J connectivity index is 1.10. The molecule has 5 aliphatic rings. The van der Waals surface area contributed by atoms with E-state index in [2.05, 4.69) is 0 Å². The number of aliphatic hydroxyl groups excluding tert-OH is 1. The lowest BCUT2D eigenvalue weighted by Gasteiger charge is -2.52. The van der Waals surface area contributed by atoms with Gasteiger partial charge in [0.25, 0.3) is 10.1 Å². The highest BCUT2D eigenvalue weighted by Crippen LogP contribution is 2.40. The van der Waals surface area contributed by atoms with Gasteiger partial charge in [0.15, 0.2) is 25.2 Å². The van der Waals surface area contributed by atoms with Gasteiger partial charge in [-0.15, -0.1) is 0 Å². The van der Waals surface area contributed by atoms with Crippen LogP contribution in [0.5, 0.6) is 0 Å². The van der Waals surface area contributed by atoms with Gasteiger partial charge in [-0.05, 0) is 31.5 Å². The van der Waals surface area contributed by atoms with E-state index in [0.717, 1.165) is 11.1 Å². The van der Waals surface area contributed by atoms with E-state index < -0.39 is 164 Å². The van der Waals surface area contributed by atoms with Crippen LogP contribution in [0, 0.1) is 6.92 Å². The largest absolute Gasteiger partial charge is 0.387 e. The summed E-state index contributed by atoms with van der Waals surface area (Å²) in [6.45, 7) is 3.53. The quantitative estimate of drug-likeness (QED) is 0.102. The lowest BCUT2D eigenvalue weighted by molar-refractivity contribution is -0.397. The molecule has 2 aromatic rings. The van der Waals surface area contributed by atoms with Crippen molar-refractivity contribution in [3.8, 4) is 0 Å². The highest BCUT2D eigenvalue weighted by Gasteiger charge is 2.59. The third-order valence-electron chi connectivity index (χ3n) is 16.2. The minimum atomic E-state index is -4.27. The highest BCUT2D eigenvalue weighted by molar-refractivity contribution is 7.86. The highest BCUT2D eigenvalue weighted by atomic mass is 32.2. The lowest BCUT2D eigenvalue weighted by Crippen LogP contribution is -2.69. The van der Waals surface area contributed by atoms with Gasteiger partial charge >= 0.3 is 0 Å². The molecule has 5 saturated heterocycles. The van der Waals surface area contributed by atoms with Gasteiger partial charge in [-0.1, -0.05) is 48.0 Å². The molecule has 28 heteroatoms. The Kier molecular flexibility index (Phi) is 28.1. The minimum absolute atomic E-state index is 0.00948. The predicted molar refractivity (Wildman–Crippen MR) is 298 cm³/mol. The average molecular weight is 1250 g/mol. The molecule has 1 N–H and O–H groups in total. The zero-order valence-electron chi connectivity index (χ0n) is 51.8. The predicted octanol–water partition coefficient (Wildman–Crippen LogP) is 1.59. The first-order chi connectivity index (χ1) is 41.6. The topological polar surface area (TPSA) is 276 Å². The van der Waals surface area contributed by atoms with Crippen LogP contribution in [0.2, 0.25) is 0 Å². The molecule has 0 radical (unpaired) electrons. The fraction of sp³-hybridized carbons (Fsp3) is 0.793. The molecule has 0 saturated carbocycles. The third kappa shape index (κ3) is 16.5. The number of aliphatic hydroxyl groups is 1. The van der Waals surface area contributed by atoms with Gasteiger partial charge in [-0.25, -0.2) is 0 Å². The second kappa shape index (κ2) is 34.2. The standard InChI is InChI=1S/C58H92O27S/c1-31-21-23-34(24-22-31)86(60,61)76-30-35-40(59)46(66-7)51(71-12)55(78-35)82-42-36(26-62-3)79-56(52(72-13)48(42)68-9)83-43-37(27-63-4)80-57(53(73-14)49(43)69-10)84-44-38(28-64-5)81-58(54(74-15)50(44)70-11)85-45-39(29-75-25-33-19-17-16-18-20-33)77-32(2)41(65-6)47(45)67-8/h16-24,32,35-59H,25-30H2,1-15H3/t32-,35?,36?,37-,38-,39?,40+,41?,42+,43+,44+,45+,46-,47+,48-,49?,50?,51?,52?,53?,54?,55+,56-,57-,58-/m0/s1. The molecule has 0 bridgehead atoms. The van der Waals surface area contributed by atoms with Gasteiger partial charge in [-0.2, -0.15) is 8.42 Å². The van der Waals surface area contributed by atoms with Crippen molar-refractivity contribution in [2.24, 2.45) is 0 Å². The molecule has 0 spiro atoms. The minimum Gasteiger partial charge on any atom is -0.387 e. The molecule has 2 aromatic carbocycles. The Morgan fingerprint density at radius 2 is 0.744 bits per heavy atom. The van der Waals surface area contributed by atoms with E-state index in [-0.39, 0.29) is 37.4 Å². The van der Waals surface area contributed by atoms with Crippen LogP contribution in [0.4, 0.5) is 0 Å². The van der Waals surface area contributed by atoms with Crippen LogP contribution in [-0.4, -0.2) is 292 Å². The summed E-state index contributed by atoms with van der Waals surface area (Å²) in [6, 6.07) is 15.9. The fourth-order valence-electron chi connectivity index (χ4n) is 12.0. The SMILES string of the molecule is COCC1O[C@@H](O[C@H]2C(OC)C(OC)[C@H](O[C@H]3C(OC)C(OC)[C@H](O[C@@H]4C(COCc5ccccc5)O[C@@H](C)C(OC)[C@H]4OC)O[C@H]3COC)O[C@H]2COC)C(OC)[C@@H](OC)[C@@H]1O[C@H]1OC(COS(=O)(=O)c2ccc(C)cc2)[C@@H](O)[C@H](OC)C1OC. The van der Waals surface area contributed by atoms with Crippen LogP contribution in [-0.2, 0) is 130 Å². The van der Waals surface area contributed by atoms with Gasteiger partial charge < -0.3 is 114 Å². The lowest BCUT2D eigenvalue weighted by atomic mass is 9.94. The molecule has 7 rings (SSSR count). The van der Waals surface area contributed by atoms with Crippen molar-refractivity contribution in [1.82, 2.24) is 0 Å². The van der Waals surface area contributed by atoms with Crippen molar-refractivity contribution in [2.45, 2.75) is 179 Å². The molecule has 5 fully saturated rings. The third-order valence-corrected chi connectivity index (χ3v) is 17.5. The Morgan fingerprint density at radius 1 is 0.395 bits per heavy atom. The van der Waals surface area contributed by atoms with Crippen LogP contribution in [0.15, 0.2) is 59.5 Å². The maximum Gasteiger partial charge on any atom is 0.297 e. The maximum absolute atomic E-state index is 13.3. The molecule has 86 heavy (non-hydrogen) atoms. The van der Waals surface area contributed by atoms with E-state index in [1.165, 1.54) is 90.3 Å². The molecule has 0 aliphatic carbocycles. The Morgan fingerprint density at radius 3 is 1.12 bits per heavy atom. The van der Waals surface area contributed by atoms with Gasteiger partial charge in [0.05, 0.1) is 50.6 Å². The van der Waals surface area contributed by atoms with E-state index in [9.17, 15) is 13.5 Å². The summed E-state index contributed by atoms with van der Waals surface area (Å²) in [7, 11) is 15.1. The number of aryl methyl sites for hydroxylation is 1. The van der Waals surface area contributed by atoms with Gasteiger partial charge in [0.1, 0.15) is 122 Å². The number of rotatable bonds is 32. The normalized spacial score (nSPS) is 38.9. The van der Waals surface area contributed by atoms with Gasteiger partial charge in [0.2, 0.25) is 0 Å². The number of benzene rings is 2. The monoisotopic (exact) mass is 1250 g/mol. The van der Waals surface area contributed by atoms with Crippen molar-refractivity contribution in [1.29, 1.82) is 0 Å². The second-order valence-electron chi connectivity index (χ2n) is 21.4. The molecule has 10 unspecified atom stereocenters. The summed E-state index contributed by atoms with van der Waals surface area (Å²) < 4.78 is 177. The van der Waals surface area contributed by atoms with Crippen LogP contribution in [0.3, 0.4) is 0 Å². The van der Waals surface area contributed by atoms with E-state index in [1.807, 2.05) is 44.2 Å². The van der Waals surface area contributed by atoms with Crippen molar-refractivity contribution in [3.05, 3.63) is 65.7 Å². The smallest absolute Gasteiger partial charge is 0.297 e. The summed E-state index contributed by atoms with van der Waals surface area (Å²) in [5, 5.41) is 11.5. The summed E-state index contributed by atoms with van der Waals surface area (Å²) in [6.07, 6.45) is -24.2. The molecular weight excluding hydrogens is 1160 g/mol. The number of ether oxygens (including phenoxy) is 23. The van der Waals surface area contributed by atoms with Crippen molar-refractivity contribution < 1.29 is 127 Å². The number of hydrogen-bond acceptors (Lipinski definition) is 27. The first-order valence-corrected chi connectivity index (χ1v) is 29.9. The molecule has 5 heterocycles. The van der Waals surface area contributed by atoms with E-state index >= 15 is 0 Å². The van der Waals surface area contributed by atoms with Gasteiger partial charge in [-0.3, -0.25) is 4.18 Å². The van der Waals surface area contributed by atoms with Crippen molar-refractivity contribution >= 4 is 10.1 Å². The van der Waals surface area contributed by atoms with Gasteiger partial charge in [0, 0.05) is 92.4 Å². The first kappa shape index (κ1) is 70.8. The number of hydrogen-bond donors (Lipinski definition) is 1. The van der Waals surface area contributed by atoms with Crippen LogP contribution >= 0.6 is 0 Å². The average Bonchev–Trinajstić information content (AvgIpc) is 1.23. The molecule has 5 aliphatic heterocycles. The van der Waals surface area contributed by atoms with Crippen LogP contribution in [0.1, 0.15) is 18.1 Å². The number of methoxy groups -OCH3 is 13. The zero-order chi connectivity index (χ0) is 62.2. The Hall–Kier alpha value is -2.61. The van der Waals surface area contributed by atoms with E-state index in [4.69, 9.17) is 113 Å². The van der Waals surface area contributed by atoms with E-state index in [0.29, 0.717) is 6.61 Å². The summed E-state index contributed by atoms with van der Waals surface area (Å²) in [4.78, 5) is -0.0748. The van der Waals surface area contributed by atoms with E-state index in [1.54, 1.807) is 26.4 Å². The Labute approximate surface area is 505 Å². The second-order valence-corrected chi connectivity index (χ2v) is 23.0. The van der Waals surface area contributed by atoms with Crippen molar-refractivity contribution in [2.75, 3.05) is 125 Å². The van der Waals surface area contributed by atoms with Crippen LogP contribution in [0.25, 0.3) is 0 Å². The summed E-state index contributed by atoms with van der Waals surface area (Å²) in [5.74, 6) is 0. The summed E-state index contributed by atoms with van der Waals surface area (Å²) >= 11 is 0. The summed E-state index contributed by atoms with van der Waals surface area (Å²) in [5.41, 5.74) is 1.85. The molecule has 25 atom stereocenters. The van der Waals surface area contributed by atoms with Crippen LogP contribution < -0.4 is 0 Å². The molecule has 27 nitrogen and oxygen atoms in total.